The molecule has 0 saturated heterocycles. The van der Waals surface area contributed by atoms with Crippen molar-refractivity contribution in [3.05, 3.63) is 109 Å². The summed E-state index contributed by atoms with van der Waals surface area (Å²) in [5.41, 5.74) is 5.06. The summed E-state index contributed by atoms with van der Waals surface area (Å²) >= 11 is 0. The first-order valence-corrected chi connectivity index (χ1v) is 8.96. The van der Waals surface area contributed by atoms with Gasteiger partial charge in [0.2, 0.25) is 0 Å². The summed E-state index contributed by atoms with van der Waals surface area (Å²) in [6.45, 7) is 0. The average molecular weight is 330 g/mol. The molecule has 0 aromatic heterocycles. The fraction of sp³-hybridized carbons (Fsp3) is 0. The van der Waals surface area contributed by atoms with E-state index in [1.807, 2.05) is 0 Å². The standard InChI is InChI=1S/C26H18/c1-2-7-19(8-3-1)23-15-14-21-11-6-12-25(26(21)18-23)24-16-13-20-9-4-5-10-22(20)17-24/h1-18H. The van der Waals surface area contributed by atoms with Crippen LogP contribution in [0.4, 0.5) is 0 Å². The molecule has 5 aromatic carbocycles. The van der Waals surface area contributed by atoms with Crippen molar-refractivity contribution in [2.75, 3.05) is 0 Å². The molecular weight excluding hydrogens is 312 g/mol. The molecule has 0 amide bonds. The van der Waals surface area contributed by atoms with Gasteiger partial charge in [-0.15, -0.1) is 0 Å². The van der Waals surface area contributed by atoms with Gasteiger partial charge in [0.1, 0.15) is 0 Å². The van der Waals surface area contributed by atoms with Crippen molar-refractivity contribution in [3.63, 3.8) is 0 Å². The van der Waals surface area contributed by atoms with E-state index in [1.54, 1.807) is 0 Å². The van der Waals surface area contributed by atoms with Crippen LogP contribution < -0.4 is 0 Å². The molecule has 0 heterocycles. The van der Waals surface area contributed by atoms with E-state index >= 15 is 0 Å². The van der Waals surface area contributed by atoms with Gasteiger partial charge in [-0.05, 0) is 55.9 Å². The van der Waals surface area contributed by atoms with Crippen LogP contribution in [0.2, 0.25) is 0 Å². The highest BCUT2D eigenvalue weighted by Gasteiger charge is 2.07. The first kappa shape index (κ1) is 14.9. The molecule has 26 heavy (non-hydrogen) atoms. The third-order valence-corrected chi connectivity index (χ3v) is 5.05. The Hall–Kier alpha value is -3.38. The van der Waals surface area contributed by atoms with Gasteiger partial charge in [0, 0.05) is 0 Å². The van der Waals surface area contributed by atoms with Crippen LogP contribution in [0.1, 0.15) is 0 Å². The summed E-state index contributed by atoms with van der Waals surface area (Å²) in [6.07, 6.45) is 0. The number of rotatable bonds is 2. The van der Waals surface area contributed by atoms with Crippen LogP contribution in [-0.2, 0) is 0 Å². The largest absolute Gasteiger partial charge is 0.0622 e. The Morgan fingerprint density at radius 2 is 1.04 bits per heavy atom. The minimum Gasteiger partial charge on any atom is -0.0622 e. The molecule has 0 bridgehead atoms. The van der Waals surface area contributed by atoms with Crippen LogP contribution in [0.5, 0.6) is 0 Å². The second kappa shape index (κ2) is 6.16. The van der Waals surface area contributed by atoms with Crippen molar-refractivity contribution in [2.24, 2.45) is 0 Å². The summed E-state index contributed by atoms with van der Waals surface area (Å²) < 4.78 is 0. The monoisotopic (exact) mass is 330 g/mol. The number of hydrogen-bond acceptors (Lipinski definition) is 0. The lowest BCUT2D eigenvalue weighted by atomic mass is 9.94. The van der Waals surface area contributed by atoms with E-state index in [0.717, 1.165) is 0 Å². The van der Waals surface area contributed by atoms with E-state index in [4.69, 9.17) is 0 Å². The van der Waals surface area contributed by atoms with E-state index in [0.29, 0.717) is 0 Å². The maximum Gasteiger partial charge on any atom is -0.00992 e. The lowest BCUT2D eigenvalue weighted by Crippen LogP contribution is -1.84. The highest BCUT2D eigenvalue weighted by Crippen LogP contribution is 2.33. The Morgan fingerprint density at radius 1 is 0.346 bits per heavy atom. The molecule has 0 nitrogen and oxygen atoms in total. The predicted molar refractivity (Wildman–Crippen MR) is 112 cm³/mol. The molecule has 0 heteroatoms. The van der Waals surface area contributed by atoms with Gasteiger partial charge < -0.3 is 0 Å². The third-order valence-electron chi connectivity index (χ3n) is 5.05. The van der Waals surface area contributed by atoms with Crippen LogP contribution >= 0.6 is 0 Å². The quantitative estimate of drug-likeness (QED) is 0.318. The van der Waals surface area contributed by atoms with Crippen LogP contribution in [0.15, 0.2) is 109 Å². The highest BCUT2D eigenvalue weighted by atomic mass is 14.1. The maximum absolute atomic E-state index is 2.31. The zero-order valence-corrected chi connectivity index (χ0v) is 14.4. The molecule has 0 unspecified atom stereocenters. The van der Waals surface area contributed by atoms with E-state index < -0.39 is 0 Å². The molecule has 5 aromatic rings. The van der Waals surface area contributed by atoms with Gasteiger partial charge in [-0.25, -0.2) is 0 Å². The Labute approximate surface area is 153 Å². The molecule has 0 fully saturated rings. The highest BCUT2D eigenvalue weighted by molar-refractivity contribution is 6.00. The van der Waals surface area contributed by atoms with Gasteiger partial charge in [0.05, 0.1) is 0 Å². The smallest absolute Gasteiger partial charge is 0.00992 e. The summed E-state index contributed by atoms with van der Waals surface area (Å²) in [5, 5.41) is 5.13. The number of benzene rings is 5. The molecule has 0 aliphatic heterocycles. The second-order valence-corrected chi connectivity index (χ2v) is 6.67. The van der Waals surface area contributed by atoms with Crippen molar-refractivity contribution in [3.8, 4) is 22.3 Å². The molecule has 0 radical (unpaired) electrons. The van der Waals surface area contributed by atoms with Crippen LogP contribution in [0.25, 0.3) is 43.8 Å². The van der Waals surface area contributed by atoms with Crippen LogP contribution in [-0.4, -0.2) is 0 Å². The summed E-state index contributed by atoms with van der Waals surface area (Å²) in [5.74, 6) is 0. The van der Waals surface area contributed by atoms with E-state index in [1.165, 1.54) is 43.8 Å². The molecule has 0 aliphatic rings. The molecule has 0 spiro atoms. The molecule has 0 aliphatic carbocycles. The SMILES string of the molecule is c1ccc(-c2ccc3cccc(-c4ccc5ccccc5c4)c3c2)cc1. The van der Waals surface area contributed by atoms with E-state index in [9.17, 15) is 0 Å². The zero-order chi connectivity index (χ0) is 17.3. The van der Waals surface area contributed by atoms with Crippen molar-refractivity contribution >= 4 is 21.5 Å². The van der Waals surface area contributed by atoms with Gasteiger partial charge in [-0.2, -0.15) is 0 Å². The molecule has 5 rings (SSSR count). The zero-order valence-electron chi connectivity index (χ0n) is 14.4. The van der Waals surface area contributed by atoms with Crippen molar-refractivity contribution in [2.45, 2.75) is 0 Å². The van der Waals surface area contributed by atoms with E-state index in [-0.39, 0.29) is 0 Å². The molecule has 0 atom stereocenters. The Balaban J connectivity index is 1.73. The van der Waals surface area contributed by atoms with Gasteiger partial charge >= 0.3 is 0 Å². The maximum atomic E-state index is 2.31. The minimum atomic E-state index is 1.25. The van der Waals surface area contributed by atoms with Gasteiger partial charge in [0.15, 0.2) is 0 Å². The second-order valence-electron chi connectivity index (χ2n) is 6.67. The fourth-order valence-corrected chi connectivity index (χ4v) is 3.69. The normalized spacial score (nSPS) is 11.1. The summed E-state index contributed by atoms with van der Waals surface area (Å²) in [4.78, 5) is 0. The minimum absolute atomic E-state index is 1.25. The summed E-state index contributed by atoms with van der Waals surface area (Å²) in [7, 11) is 0. The molecule has 122 valence electrons. The van der Waals surface area contributed by atoms with Crippen LogP contribution in [0, 0.1) is 0 Å². The average Bonchev–Trinajstić information content (AvgIpc) is 2.73. The number of fused-ring (bicyclic) bond motifs is 2. The molecule has 0 N–H and O–H groups in total. The summed E-state index contributed by atoms with van der Waals surface area (Å²) in [6, 6.07) is 39.2. The van der Waals surface area contributed by atoms with Crippen molar-refractivity contribution in [1.82, 2.24) is 0 Å². The lowest BCUT2D eigenvalue weighted by Gasteiger charge is -2.10. The van der Waals surface area contributed by atoms with Gasteiger partial charge in [-0.3, -0.25) is 0 Å². The Morgan fingerprint density at radius 3 is 1.92 bits per heavy atom. The molecule has 0 saturated carbocycles. The van der Waals surface area contributed by atoms with Gasteiger partial charge in [-0.1, -0.05) is 97.1 Å². The number of hydrogen-bond donors (Lipinski definition) is 0. The lowest BCUT2D eigenvalue weighted by molar-refractivity contribution is 1.63. The predicted octanol–water partition coefficient (Wildman–Crippen LogP) is 7.33. The van der Waals surface area contributed by atoms with Crippen molar-refractivity contribution in [1.29, 1.82) is 0 Å². The van der Waals surface area contributed by atoms with E-state index in [2.05, 4.69) is 109 Å². The first-order chi connectivity index (χ1) is 12.9. The Bertz CT molecular complexity index is 1220. The third kappa shape index (κ3) is 2.57. The Kier molecular flexibility index (Phi) is 3.54. The molecular formula is C26H18. The first-order valence-electron chi connectivity index (χ1n) is 8.96. The fourth-order valence-electron chi connectivity index (χ4n) is 3.69. The van der Waals surface area contributed by atoms with Crippen molar-refractivity contribution < 1.29 is 0 Å². The van der Waals surface area contributed by atoms with Crippen LogP contribution in [0.3, 0.4) is 0 Å². The topological polar surface area (TPSA) is 0 Å². The van der Waals surface area contributed by atoms with Gasteiger partial charge in [0.25, 0.3) is 0 Å².